The zero-order valence-electron chi connectivity index (χ0n) is 31.3. The molecule has 12 nitrogen and oxygen atoms in total. The third kappa shape index (κ3) is 10.7. The molecule has 3 aliphatic heterocycles. The summed E-state index contributed by atoms with van der Waals surface area (Å²) >= 11 is 0. The number of anilines is 2. The summed E-state index contributed by atoms with van der Waals surface area (Å²) in [5.74, 6) is 2.88. The third-order valence-electron chi connectivity index (χ3n) is 10.8. The molecule has 1 amide bonds. The van der Waals surface area contributed by atoms with Gasteiger partial charge < -0.3 is 15.4 Å². The van der Waals surface area contributed by atoms with Gasteiger partial charge in [0.05, 0.1) is 12.8 Å². The number of hydrogen-bond donors (Lipinski definition) is 4. The van der Waals surface area contributed by atoms with Crippen molar-refractivity contribution in [1.82, 2.24) is 25.9 Å². The van der Waals surface area contributed by atoms with Crippen LogP contribution in [-0.2, 0) is 25.9 Å². The molecule has 1 atom stereocenters. The molecule has 13 heteroatoms. The minimum Gasteiger partial charge on any atom is -0.0474 e. The summed E-state index contributed by atoms with van der Waals surface area (Å²) in [5.41, 5.74) is 2.54. The van der Waals surface area contributed by atoms with E-state index in [-0.39, 0.29) is 23.4 Å². The zero-order chi connectivity index (χ0) is 37.0. The number of rotatable bonds is 19. The van der Waals surface area contributed by atoms with Crippen LogP contribution in [0.2, 0.25) is 0 Å². The predicted octanol–water partition coefficient (Wildman–Crippen LogP) is 5.65. The van der Waals surface area contributed by atoms with Gasteiger partial charge in [0, 0.05) is 24.7 Å². The maximum atomic E-state index is 12.8. The molecule has 1 saturated heterocycles. The second-order valence-electron chi connectivity index (χ2n) is 14.9. The molecule has 286 valence electrons. The molecule has 1 aliphatic carbocycles. The number of unbranched alkanes of at least 4 members (excludes halogenated alkanes) is 6. The van der Waals surface area contributed by atoms with Gasteiger partial charge in [-0.1, -0.05) is 32.1 Å². The van der Waals surface area contributed by atoms with Crippen molar-refractivity contribution in [2.75, 3.05) is 49.3 Å². The van der Waals surface area contributed by atoms with Crippen LogP contribution in [0.5, 0.6) is 5.75 Å². The van der Waals surface area contributed by atoms with Crippen LogP contribution in [0.3, 0.4) is 0 Å². The van der Waals surface area contributed by atoms with Crippen molar-refractivity contribution in [2.24, 2.45) is 10.9 Å². The minimum atomic E-state index is -1.02. The Kier molecular flexibility index (Phi) is 13.7. The number of nitrogens with one attached hydrogen (secondary N) is 4. The Morgan fingerprint density at radius 2 is 1.74 bits per heavy atom. The van der Waals surface area contributed by atoms with Crippen LogP contribution < -0.4 is 30.9 Å². The number of benzene rings is 1. The Hall–Kier alpha value is -4.10. The van der Waals surface area contributed by atoms with Gasteiger partial charge in [-0.05, 0) is 43.2 Å². The van der Waals surface area contributed by atoms with Gasteiger partial charge in [0.15, 0.2) is 5.78 Å². The molecule has 0 spiro atoms. The van der Waals surface area contributed by atoms with Gasteiger partial charge >= 0.3 is 162 Å². The first kappa shape index (κ1) is 38.6. The van der Waals surface area contributed by atoms with Crippen molar-refractivity contribution in [2.45, 2.75) is 107 Å². The minimum absolute atomic E-state index is 0.0420. The summed E-state index contributed by atoms with van der Waals surface area (Å²) in [6.07, 6.45) is 20.8. The number of methoxy groups -OCH3 is 1. The van der Waals surface area contributed by atoms with E-state index in [0.717, 1.165) is 105 Å². The Balaban J connectivity index is 0.792. The van der Waals surface area contributed by atoms with E-state index in [0.29, 0.717) is 29.5 Å². The van der Waals surface area contributed by atoms with Gasteiger partial charge in [-0.3, -0.25) is 9.59 Å². The van der Waals surface area contributed by atoms with E-state index in [1.165, 1.54) is 37.8 Å². The van der Waals surface area contributed by atoms with E-state index >= 15 is 0 Å². The number of ketones is 1. The number of aliphatic imine (C=N–C) groups is 1. The first-order chi connectivity index (χ1) is 25.8. The fourth-order valence-electron chi connectivity index (χ4n) is 7.35. The number of carbonyl (C=O) groups excluding carboxylic acids is 2. The molecule has 0 bridgehead atoms. The number of hydrogen-bond acceptors (Lipinski definition) is 11. The molecule has 1 saturated carbocycles. The van der Waals surface area contributed by atoms with Crippen LogP contribution in [0.15, 0.2) is 58.2 Å². The molecule has 4 N–H and O–H groups in total. The number of aryl methyl sites for hydroxylation is 1. The monoisotopic (exact) mass is 744 g/mol. The molecule has 4 aliphatic rings. The van der Waals surface area contributed by atoms with E-state index in [9.17, 15) is 13.6 Å². The van der Waals surface area contributed by atoms with Crippen molar-refractivity contribution in [1.29, 1.82) is 0 Å². The number of allylic oxidation sites excluding steroid dienone is 2. The van der Waals surface area contributed by atoms with Gasteiger partial charge in [0.2, 0.25) is 5.91 Å². The second kappa shape index (κ2) is 18.8. The van der Waals surface area contributed by atoms with E-state index in [1.807, 2.05) is 6.21 Å². The third-order valence-corrected chi connectivity index (χ3v) is 12.3. The van der Waals surface area contributed by atoms with Crippen molar-refractivity contribution in [3.8, 4) is 5.75 Å². The number of ether oxygens (including phenoxy) is 1. The van der Waals surface area contributed by atoms with E-state index in [2.05, 4.69) is 39.3 Å². The van der Waals surface area contributed by atoms with Crippen LogP contribution in [0.4, 0.5) is 11.8 Å². The Morgan fingerprint density at radius 3 is 2.40 bits per heavy atom. The summed E-state index contributed by atoms with van der Waals surface area (Å²) in [7, 11) is 0.556. The van der Waals surface area contributed by atoms with Gasteiger partial charge in [-0.15, -0.1) is 0 Å². The van der Waals surface area contributed by atoms with E-state index < -0.39 is 10.6 Å². The number of piperidine rings is 1. The summed E-state index contributed by atoms with van der Waals surface area (Å²) < 4.78 is 17.9. The molecule has 2 fully saturated rings. The van der Waals surface area contributed by atoms with Gasteiger partial charge in [-0.2, -0.15) is 0 Å². The quantitative estimate of drug-likeness (QED) is 0.0470. The number of aromatic nitrogens is 2. The van der Waals surface area contributed by atoms with Crippen molar-refractivity contribution < 1.29 is 18.4 Å². The normalized spacial score (nSPS) is 19.6. The topological polar surface area (TPSA) is 153 Å². The number of nitrogens with zero attached hydrogens (tertiary/aromatic N) is 4. The van der Waals surface area contributed by atoms with Gasteiger partial charge in [0.1, 0.15) is 5.75 Å². The predicted molar refractivity (Wildman–Crippen MR) is 211 cm³/mol. The van der Waals surface area contributed by atoms with Crippen molar-refractivity contribution in [3.63, 3.8) is 0 Å². The number of fused-ring (bicyclic) bond motifs is 1. The zero-order valence-corrected chi connectivity index (χ0v) is 32.1. The summed E-state index contributed by atoms with van der Waals surface area (Å²) in [6.45, 7) is 5.54. The molecule has 0 radical (unpaired) electrons. The number of carbonyl (C=O) groups is 2. The maximum absolute atomic E-state index is 12.8. The van der Waals surface area contributed by atoms with Crippen LogP contribution >= 0.6 is 0 Å². The van der Waals surface area contributed by atoms with Gasteiger partial charge in [0.25, 0.3) is 0 Å². The SMILES string of the molecule is COc1ccc(C(=O)/C=C/C(=O)NCCCCCCCCCNC2=CNC(C3CCN(c4nc5c(c(NC6(C)CCC6)n4)[S-](#[O+])CC5)CC3)N=C2)cc1. The van der Waals surface area contributed by atoms with Gasteiger partial charge in [-0.25, -0.2) is 0 Å². The summed E-state index contributed by atoms with van der Waals surface area (Å²) in [6, 6.07) is 6.82. The number of amides is 1. The standard InChI is InChI=1S/C40H56N8O4S/c1-40(20-10-21-40)47-38-36-33(19-26-53(36)51)45-39(46-38)48-24-17-30(18-25-48)37-43-27-31(28-44-37)41-22-8-6-4-3-5-7-9-23-42-35(50)16-15-34(49)29-11-13-32(52-2)14-12-29/h11-16,27-28,30,37,41,43H,3-10,17-26H2,1-2H3,(H,42,50)(H,45,46,47)/b16-15+. The van der Waals surface area contributed by atoms with Crippen LogP contribution in [0, 0.1) is 5.92 Å². The van der Waals surface area contributed by atoms with E-state index in [4.69, 9.17) is 19.7 Å². The molecule has 1 aromatic carbocycles. The molecule has 6 rings (SSSR count). The Morgan fingerprint density at radius 1 is 1.02 bits per heavy atom. The van der Waals surface area contributed by atoms with Crippen molar-refractivity contribution >= 4 is 40.3 Å². The average molecular weight is 745 g/mol. The van der Waals surface area contributed by atoms with Crippen LogP contribution in [-0.4, -0.2) is 78.6 Å². The average Bonchev–Trinajstić information content (AvgIpc) is 3.56. The smallest absolute Gasteiger partial charge is 0.0474 e. The fraction of sp³-hybridized carbons (Fsp3) is 0.575. The fourth-order valence-corrected chi connectivity index (χ4v) is 8.66. The molecular weight excluding hydrogens is 689 g/mol. The van der Waals surface area contributed by atoms with E-state index in [1.54, 1.807) is 31.4 Å². The molecule has 2 aromatic rings. The first-order valence-electron chi connectivity index (χ1n) is 19.5. The molecule has 1 aromatic heterocycles. The molecular formula is C40H56N8O4S. The molecule has 4 heterocycles. The van der Waals surface area contributed by atoms with Crippen LogP contribution in [0.25, 0.3) is 0 Å². The Labute approximate surface area is 316 Å². The molecule has 53 heavy (non-hydrogen) atoms. The first-order valence-corrected chi connectivity index (χ1v) is 20.8. The Bertz CT molecular complexity index is 1740. The molecule has 1 unspecified atom stereocenters. The summed E-state index contributed by atoms with van der Waals surface area (Å²) in [4.78, 5) is 42.1. The van der Waals surface area contributed by atoms with Crippen molar-refractivity contribution in [3.05, 3.63) is 59.6 Å². The van der Waals surface area contributed by atoms with Crippen LogP contribution in [0.1, 0.15) is 100 Å². The second-order valence-corrected chi connectivity index (χ2v) is 16.4. The summed E-state index contributed by atoms with van der Waals surface area (Å²) in [5, 5.41) is 13.5.